The van der Waals surface area contributed by atoms with Gasteiger partial charge in [0, 0.05) is 5.92 Å². The van der Waals surface area contributed by atoms with E-state index in [1.807, 2.05) is 24.3 Å². The number of aromatic amines is 2. The van der Waals surface area contributed by atoms with Crippen molar-refractivity contribution in [3.8, 4) is 5.88 Å². The molecule has 6 nitrogen and oxygen atoms in total. The molecule has 104 valence electrons. The molecule has 1 heterocycles. The van der Waals surface area contributed by atoms with E-state index in [-0.39, 0.29) is 17.8 Å². The number of carbonyl (C=O) groups is 1. The number of carbonyl (C=O) groups excluding carboxylic acids is 1. The van der Waals surface area contributed by atoms with Crippen LogP contribution in [0.4, 0.5) is 0 Å². The molecule has 0 radical (unpaired) electrons. The fraction of sp³-hybridized carbons (Fsp3) is 0.286. The number of hydrogen-bond acceptors (Lipinski definition) is 4. The molecular formula is C14H14N2O4. The largest absolute Gasteiger partial charge is 0.493 e. The molecule has 1 aromatic heterocycles. The summed E-state index contributed by atoms with van der Waals surface area (Å²) in [6.45, 7) is 0. The highest BCUT2D eigenvalue weighted by Crippen LogP contribution is 2.45. The number of hydrogen-bond donors (Lipinski definition) is 3. The van der Waals surface area contributed by atoms with Crippen molar-refractivity contribution in [1.82, 2.24) is 9.97 Å². The van der Waals surface area contributed by atoms with Crippen molar-refractivity contribution in [2.75, 3.05) is 7.11 Å². The third-order valence-electron chi connectivity index (χ3n) is 3.79. The highest BCUT2D eigenvalue weighted by molar-refractivity contribution is 5.81. The molecule has 2 aromatic rings. The number of H-pyrrole nitrogens is 2. The van der Waals surface area contributed by atoms with Gasteiger partial charge in [0.05, 0.1) is 18.7 Å². The molecule has 0 spiro atoms. The van der Waals surface area contributed by atoms with Gasteiger partial charge in [0.25, 0.3) is 0 Å². The Kier molecular flexibility index (Phi) is 2.85. The molecule has 1 aliphatic carbocycles. The number of aromatic nitrogens is 2. The molecule has 6 heteroatoms. The monoisotopic (exact) mass is 274 g/mol. The third-order valence-corrected chi connectivity index (χ3v) is 3.79. The Morgan fingerprint density at radius 3 is 2.75 bits per heavy atom. The summed E-state index contributed by atoms with van der Waals surface area (Å²) in [5, 5.41) is 9.80. The van der Waals surface area contributed by atoms with Gasteiger partial charge in [0.1, 0.15) is 0 Å². The van der Waals surface area contributed by atoms with Crippen molar-refractivity contribution < 1.29 is 14.6 Å². The Morgan fingerprint density at radius 2 is 2.10 bits per heavy atom. The zero-order valence-electron chi connectivity index (χ0n) is 10.8. The van der Waals surface area contributed by atoms with Crippen LogP contribution in [0.25, 0.3) is 0 Å². The summed E-state index contributed by atoms with van der Waals surface area (Å²) < 4.78 is 4.87. The Morgan fingerprint density at radius 1 is 1.35 bits per heavy atom. The lowest BCUT2D eigenvalue weighted by molar-refractivity contribution is -0.142. The second-order valence-corrected chi connectivity index (χ2v) is 4.85. The topological polar surface area (TPSA) is 95.2 Å². The number of esters is 1. The standard InChI is InChI=1S/C14H14N2O4/c1-20-13(18)10-8-5-3-2-4-7(8)6-9(10)11-12(17)16-14(19)15-11/h2-5,9-10,17H,6H2,1H3,(H2,15,16,19). The van der Waals surface area contributed by atoms with E-state index in [9.17, 15) is 14.7 Å². The van der Waals surface area contributed by atoms with E-state index in [1.54, 1.807) is 0 Å². The second kappa shape index (κ2) is 4.56. The molecule has 20 heavy (non-hydrogen) atoms. The molecule has 0 bridgehead atoms. The van der Waals surface area contributed by atoms with E-state index in [1.165, 1.54) is 7.11 Å². The molecule has 0 amide bonds. The molecule has 1 aromatic carbocycles. The van der Waals surface area contributed by atoms with Gasteiger partial charge >= 0.3 is 11.7 Å². The fourth-order valence-electron chi connectivity index (χ4n) is 2.94. The molecule has 0 aliphatic heterocycles. The van der Waals surface area contributed by atoms with Crippen LogP contribution >= 0.6 is 0 Å². The van der Waals surface area contributed by atoms with Crippen LogP contribution in [-0.2, 0) is 16.0 Å². The maximum Gasteiger partial charge on any atom is 0.325 e. The number of fused-ring (bicyclic) bond motifs is 1. The summed E-state index contributed by atoms with van der Waals surface area (Å²) in [6.07, 6.45) is 0.567. The number of rotatable bonds is 2. The fourth-order valence-corrected chi connectivity index (χ4v) is 2.94. The van der Waals surface area contributed by atoms with Gasteiger partial charge in [-0.25, -0.2) is 4.79 Å². The third kappa shape index (κ3) is 1.80. The van der Waals surface area contributed by atoms with Crippen LogP contribution in [0.1, 0.15) is 28.7 Å². The van der Waals surface area contributed by atoms with Gasteiger partial charge in [-0.3, -0.25) is 9.78 Å². The first-order chi connectivity index (χ1) is 9.61. The maximum absolute atomic E-state index is 12.1. The minimum absolute atomic E-state index is 0.221. The SMILES string of the molecule is COC(=O)C1c2ccccc2CC1c1[nH]c(=O)[nH]c1O. The van der Waals surface area contributed by atoms with Gasteiger partial charge in [0.15, 0.2) is 0 Å². The van der Waals surface area contributed by atoms with Crippen molar-refractivity contribution in [1.29, 1.82) is 0 Å². The summed E-state index contributed by atoms with van der Waals surface area (Å²) in [6, 6.07) is 7.57. The molecule has 1 aliphatic rings. The van der Waals surface area contributed by atoms with Crippen LogP contribution in [0.15, 0.2) is 29.1 Å². The summed E-state index contributed by atoms with van der Waals surface area (Å²) in [7, 11) is 1.33. The van der Waals surface area contributed by atoms with Crippen LogP contribution < -0.4 is 5.69 Å². The Bertz CT molecular complexity index is 716. The summed E-state index contributed by atoms with van der Waals surface area (Å²) in [4.78, 5) is 28.2. The first-order valence-corrected chi connectivity index (χ1v) is 6.28. The number of ether oxygens (including phenoxy) is 1. The highest BCUT2D eigenvalue weighted by atomic mass is 16.5. The molecule has 3 N–H and O–H groups in total. The van der Waals surface area contributed by atoms with Gasteiger partial charge in [-0.05, 0) is 17.5 Å². The van der Waals surface area contributed by atoms with Gasteiger partial charge in [-0.2, -0.15) is 0 Å². The average molecular weight is 274 g/mol. The van der Waals surface area contributed by atoms with E-state index in [4.69, 9.17) is 4.74 Å². The van der Waals surface area contributed by atoms with E-state index in [0.717, 1.165) is 11.1 Å². The number of aromatic hydroxyl groups is 1. The maximum atomic E-state index is 12.1. The number of imidazole rings is 1. The Balaban J connectivity index is 2.10. The summed E-state index contributed by atoms with van der Waals surface area (Å²) in [5.74, 6) is -1.45. The first-order valence-electron chi connectivity index (χ1n) is 6.28. The van der Waals surface area contributed by atoms with Crippen molar-refractivity contribution >= 4 is 5.97 Å². The minimum atomic E-state index is -0.520. The van der Waals surface area contributed by atoms with Gasteiger partial charge in [-0.15, -0.1) is 0 Å². The molecule has 0 fully saturated rings. The van der Waals surface area contributed by atoms with Crippen molar-refractivity contribution in [2.24, 2.45) is 0 Å². The predicted molar refractivity (Wildman–Crippen MR) is 70.7 cm³/mol. The average Bonchev–Trinajstić information content (AvgIpc) is 2.97. The van der Waals surface area contributed by atoms with Crippen molar-refractivity contribution in [3.05, 3.63) is 51.6 Å². The van der Waals surface area contributed by atoms with Gasteiger partial charge < -0.3 is 14.8 Å². The van der Waals surface area contributed by atoms with Crippen LogP contribution in [0.3, 0.4) is 0 Å². The quantitative estimate of drug-likeness (QED) is 0.712. The molecule has 2 atom stereocenters. The van der Waals surface area contributed by atoms with Gasteiger partial charge in [0.2, 0.25) is 5.88 Å². The molecule has 2 unspecified atom stereocenters. The Hall–Kier alpha value is -2.50. The lowest BCUT2D eigenvalue weighted by Crippen LogP contribution is -2.19. The van der Waals surface area contributed by atoms with Crippen LogP contribution in [-0.4, -0.2) is 28.2 Å². The van der Waals surface area contributed by atoms with E-state index >= 15 is 0 Å². The smallest absolute Gasteiger partial charge is 0.325 e. The summed E-state index contributed by atoms with van der Waals surface area (Å²) in [5.41, 5.74) is 1.76. The molecule has 0 saturated carbocycles. The van der Waals surface area contributed by atoms with Crippen molar-refractivity contribution in [2.45, 2.75) is 18.3 Å². The first kappa shape index (κ1) is 12.5. The van der Waals surface area contributed by atoms with Crippen molar-refractivity contribution in [3.63, 3.8) is 0 Å². The molecule has 3 rings (SSSR count). The van der Waals surface area contributed by atoms with E-state index in [0.29, 0.717) is 12.1 Å². The van der Waals surface area contributed by atoms with E-state index in [2.05, 4.69) is 9.97 Å². The number of benzene rings is 1. The summed E-state index contributed by atoms with van der Waals surface area (Å²) >= 11 is 0. The number of methoxy groups -OCH3 is 1. The highest BCUT2D eigenvalue weighted by Gasteiger charge is 2.41. The lowest BCUT2D eigenvalue weighted by Gasteiger charge is -2.17. The van der Waals surface area contributed by atoms with E-state index < -0.39 is 11.6 Å². The number of nitrogens with one attached hydrogen (secondary N) is 2. The Labute approximate surface area is 114 Å². The van der Waals surface area contributed by atoms with Crippen LogP contribution in [0.5, 0.6) is 5.88 Å². The minimum Gasteiger partial charge on any atom is -0.493 e. The molecule has 0 saturated heterocycles. The predicted octanol–water partition coefficient (Wildman–Crippen LogP) is 1.01. The van der Waals surface area contributed by atoms with Gasteiger partial charge in [-0.1, -0.05) is 24.3 Å². The van der Waals surface area contributed by atoms with Crippen LogP contribution in [0.2, 0.25) is 0 Å². The molecular weight excluding hydrogens is 260 g/mol. The zero-order valence-corrected chi connectivity index (χ0v) is 10.8. The second-order valence-electron chi connectivity index (χ2n) is 4.85. The normalized spacial score (nSPS) is 20.6. The van der Waals surface area contributed by atoms with Crippen LogP contribution in [0, 0.1) is 0 Å². The lowest BCUT2D eigenvalue weighted by atomic mass is 9.90. The zero-order chi connectivity index (χ0) is 14.3.